The van der Waals surface area contributed by atoms with Crippen molar-refractivity contribution in [2.75, 3.05) is 26.4 Å². The quantitative estimate of drug-likeness (QED) is 0.683. The molecule has 0 aliphatic carbocycles. The number of ether oxygens (including phenoxy) is 2. The first-order valence-corrected chi connectivity index (χ1v) is 6.83. The van der Waals surface area contributed by atoms with E-state index in [2.05, 4.69) is 5.32 Å². The number of aliphatic hydroxyl groups excluding tert-OH is 1. The molecule has 0 aromatic heterocycles. The molecule has 0 saturated heterocycles. The van der Waals surface area contributed by atoms with Gasteiger partial charge in [-0.15, -0.1) is 0 Å². The highest BCUT2D eigenvalue weighted by Crippen LogP contribution is 2.15. The first-order chi connectivity index (χ1) is 9.08. The molecule has 0 fully saturated rings. The van der Waals surface area contributed by atoms with E-state index in [1.807, 2.05) is 26.0 Å². The van der Waals surface area contributed by atoms with Gasteiger partial charge in [0.15, 0.2) is 0 Å². The number of halogens is 1. The molecule has 2 N–H and O–H groups in total. The highest BCUT2D eigenvalue weighted by atomic mass is 35.5. The molecule has 0 spiro atoms. The third kappa shape index (κ3) is 8.06. The molecule has 1 atom stereocenters. The lowest BCUT2D eigenvalue weighted by molar-refractivity contribution is 0.0244. The Labute approximate surface area is 119 Å². The second-order valence-electron chi connectivity index (χ2n) is 4.59. The van der Waals surface area contributed by atoms with Crippen molar-refractivity contribution in [2.45, 2.75) is 26.0 Å². The third-order valence-electron chi connectivity index (χ3n) is 2.38. The molecule has 0 aliphatic heterocycles. The molecule has 4 nitrogen and oxygen atoms in total. The SMILES string of the molecule is CC(C)NC[C@H](O)COCCOc1ccc(Cl)cc1. The van der Waals surface area contributed by atoms with Gasteiger partial charge in [0.1, 0.15) is 12.4 Å². The van der Waals surface area contributed by atoms with E-state index in [1.165, 1.54) is 0 Å². The van der Waals surface area contributed by atoms with Gasteiger partial charge in [-0.2, -0.15) is 0 Å². The summed E-state index contributed by atoms with van der Waals surface area (Å²) in [6.07, 6.45) is -0.488. The highest BCUT2D eigenvalue weighted by Gasteiger charge is 2.04. The molecule has 0 saturated carbocycles. The average molecular weight is 288 g/mol. The predicted octanol–water partition coefficient (Wildman–Crippen LogP) is 2.09. The van der Waals surface area contributed by atoms with Crippen molar-refractivity contribution in [2.24, 2.45) is 0 Å². The Bertz CT molecular complexity index is 343. The van der Waals surface area contributed by atoms with Crippen LogP contribution in [0.2, 0.25) is 5.02 Å². The molecule has 0 amide bonds. The molecule has 1 aromatic carbocycles. The molecule has 1 rings (SSSR count). The van der Waals surface area contributed by atoms with Crippen LogP contribution in [-0.2, 0) is 4.74 Å². The third-order valence-corrected chi connectivity index (χ3v) is 2.63. The maximum absolute atomic E-state index is 9.60. The largest absolute Gasteiger partial charge is 0.491 e. The fraction of sp³-hybridized carbons (Fsp3) is 0.571. The van der Waals surface area contributed by atoms with E-state index in [-0.39, 0.29) is 0 Å². The topological polar surface area (TPSA) is 50.7 Å². The summed E-state index contributed by atoms with van der Waals surface area (Å²) < 4.78 is 10.8. The Morgan fingerprint density at radius 2 is 1.89 bits per heavy atom. The summed E-state index contributed by atoms with van der Waals surface area (Å²) in [6, 6.07) is 7.54. The fourth-order valence-corrected chi connectivity index (χ4v) is 1.53. The molecule has 5 heteroatoms. The number of nitrogens with one attached hydrogen (secondary N) is 1. The standard InChI is InChI=1S/C14H22ClNO3/c1-11(2)16-9-13(17)10-18-7-8-19-14-5-3-12(15)4-6-14/h3-6,11,13,16-17H,7-10H2,1-2H3/t13-/m0/s1. The van der Waals surface area contributed by atoms with E-state index >= 15 is 0 Å². The summed E-state index contributed by atoms with van der Waals surface area (Å²) in [7, 11) is 0. The van der Waals surface area contributed by atoms with Crippen LogP contribution in [0.25, 0.3) is 0 Å². The van der Waals surface area contributed by atoms with E-state index in [9.17, 15) is 5.11 Å². The van der Waals surface area contributed by atoms with Crippen LogP contribution >= 0.6 is 11.6 Å². The van der Waals surface area contributed by atoms with Crippen molar-refractivity contribution in [3.63, 3.8) is 0 Å². The van der Waals surface area contributed by atoms with Gasteiger partial charge in [0.05, 0.1) is 19.3 Å². The van der Waals surface area contributed by atoms with Crippen LogP contribution in [0.15, 0.2) is 24.3 Å². The normalized spacial score (nSPS) is 12.7. The number of aliphatic hydroxyl groups is 1. The number of rotatable bonds is 9. The Hall–Kier alpha value is -0.810. The second-order valence-corrected chi connectivity index (χ2v) is 5.03. The molecule has 1 aromatic rings. The van der Waals surface area contributed by atoms with Crippen molar-refractivity contribution >= 4 is 11.6 Å². The van der Waals surface area contributed by atoms with Gasteiger partial charge in [-0.3, -0.25) is 0 Å². The lowest BCUT2D eigenvalue weighted by Gasteiger charge is -2.14. The van der Waals surface area contributed by atoms with Crippen LogP contribution in [0.1, 0.15) is 13.8 Å². The first kappa shape index (κ1) is 16.2. The molecule has 0 radical (unpaired) electrons. The predicted molar refractivity (Wildman–Crippen MR) is 76.9 cm³/mol. The van der Waals surface area contributed by atoms with Gasteiger partial charge < -0.3 is 19.9 Å². The van der Waals surface area contributed by atoms with Crippen molar-refractivity contribution in [3.05, 3.63) is 29.3 Å². The summed E-state index contributed by atoms with van der Waals surface area (Å²) in [5.74, 6) is 0.759. The van der Waals surface area contributed by atoms with E-state index in [0.29, 0.717) is 37.4 Å². The minimum atomic E-state index is -0.488. The first-order valence-electron chi connectivity index (χ1n) is 6.45. The zero-order valence-electron chi connectivity index (χ0n) is 11.4. The minimum Gasteiger partial charge on any atom is -0.491 e. The minimum absolute atomic E-state index is 0.309. The fourth-order valence-electron chi connectivity index (χ4n) is 1.40. The van der Waals surface area contributed by atoms with Gasteiger partial charge in [0.2, 0.25) is 0 Å². The Kier molecular flexibility index (Phi) is 7.82. The van der Waals surface area contributed by atoms with Crippen molar-refractivity contribution < 1.29 is 14.6 Å². The van der Waals surface area contributed by atoms with Gasteiger partial charge in [-0.25, -0.2) is 0 Å². The van der Waals surface area contributed by atoms with E-state index < -0.39 is 6.10 Å². The number of hydrogen-bond acceptors (Lipinski definition) is 4. The summed E-state index contributed by atoms with van der Waals surface area (Å²) in [6.45, 7) is 5.81. The van der Waals surface area contributed by atoms with Crippen LogP contribution in [0.3, 0.4) is 0 Å². The lowest BCUT2D eigenvalue weighted by atomic mass is 10.3. The molecule has 0 bridgehead atoms. The Morgan fingerprint density at radius 1 is 1.21 bits per heavy atom. The molecule has 0 aliphatic rings. The van der Waals surface area contributed by atoms with Crippen LogP contribution in [0, 0.1) is 0 Å². The lowest BCUT2D eigenvalue weighted by Crippen LogP contribution is -2.34. The molecule has 0 unspecified atom stereocenters. The second kappa shape index (κ2) is 9.15. The maximum atomic E-state index is 9.60. The maximum Gasteiger partial charge on any atom is 0.119 e. The number of benzene rings is 1. The molecular weight excluding hydrogens is 266 g/mol. The van der Waals surface area contributed by atoms with Gasteiger partial charge >= 0.3 is 0 Å². The zero-order valence-corrected chi connectivity index (χ0v) is 12.2. The summed E-state index contributed by atoms with van der Waals surface area (Å²) in [5, 5.41) is 13.4. The van der Waals surface area contributed by atoms with Gasteiger partial charge in [-0.05, 0) is 24.3 Å². The van der Waals surface area contributed by atoms with Crippen molar-refractivity contribution in [1.29, 1.82) is 0 Å². The van der Waals surface area contributed by atoms with Crippen LogP contribution in [-0.4, -0.2) is 43.6 Å². The average Bonchev–Trinajstić information content (AvgIpc) is 2.38. The zero-order chi connectivity index (χ0) is 14.1. The van der Waals surface area contributed by atoms with Gasteiger partial charge in [0, 0.05) is 17.6 Å². The molecule has 19 heavy (non-hydrogen) atoms. The van der Waals surface area contributed by atoms with Crippen molar-refractivity contribution in [3.8, 4) is 5.75 Å². The summed E-state index contributed by atoms with van der Waals surface area (Å²) in [4.78, 5) is 0. The Balaban J connectivity index is 2.03. The van der Waals surface area contributed by atoms with E-state index in [1.54, 1.807) is 12.1 Å². The molecular formula is C14H22ClNO3. The van der Waals surface area contributed by atoms with Crippen molar-refractivity contribution in [1.82, 2.24) is 5.32 Å². The number of hydrogen-bond donors (Lipinski definition) is 2. The molecule has 0 heterocycles. The van der Waals surface area contributed by atoms with Crippen LogP contribution in [0.4, 0.5) is 0 Å². The highest BCUT2D eigenvalue weighted by molar-refractivity contribution is 6.30. The van der Waals surface area contributed by atoms with Crippen LogP contribution < -0.4 is 10.1 Å². The Morgan fingerprint density at radius 3 is 2.53 bits per heavy atom. The smallest absolute Gasteiger partial charge is 0.119 e. The monoisotopic (exact) mass is 287 g/mol. The van der Waals surface area contributed by atoms with E-state index in [0.717, 1.165) is 5.75 Å². The summed E-state index contributed by atoms with van der Waals surface area (Å²) in [5.41, 5.74) is 0. The van der Waals surface area contributed by atoms with Gasteiger partial charge in [0.25, 0.3) is 0 Å². The van der Waals surface area contributed by atoms with Crippen LogP contribution in [0.5, 0.6) is 5.75 Å². The molecule has 108 valence electrons. The van der Waals surface area contributed by atoms with E-state index in [4.69, 9.17) is 21.1 Å². The van der Waals surface area contributed by atoms with Gasteiger partial charge in [-0.1, -0.05) is 25.4 Å². The summed E-state index contributed by atoms with van der Waals surface area (Å²) >= 11 is 5.77.